The minimum absolute atomic E-state index is 0.230. The number of piperidine rings is 2. The lowest BCUT2D eigenvalue weighted by molar-refractivity contribution is -0.187. The Hall–Kier alpha value is -4.92. The number of carbonyl (C=O) groups is 2. The Bertz CT molecular complexity index is 2080. The molecule has 1 aromatic carbocycles. The number of anilines is 3. The fourth-order valence-electron chi connectivity index (χ4n) is 8.11. The highest BCUT2D eigenvalue weighted by atomic mass is 19.3. The van der Waals surface area contributed by atoms with Gasteiger partial charge in [-0.3, -0.25) is 14.7 Å². The quantitative estimate of drug-likeness (QED) is 0.227. The summed E-state index contributed by atoms with van der Waals surface area (Å²) in [4.78, 5) is 40.2. The van der Waals surface area contributed by atoms with Crippen LogP contribution in [-0.2, 0) is 17.7 Å². The highest BCUT2D eigenvalue weighted by Gasteiger charge is 2.57. The number of hydrogen-bond donors (Lipinski definition) is 2. The summed E-state index contributed by atoms with van der Waals surface area (Å²) in [6, 6.07) is 11.4. The van der Waals surface area contributed by atoms with Gasteiger partial charge < -0.3 is 25.2 Å². The normalized spacial score (nSPS) is 22.0. The van der Waals surface area contributed by atoms with Crippen LogP contribution >= 0.6 is 0 Å². The van der Waals surface area contributed by atoms with Crippen molar-refractivity contribution in [1.82, 2.24) is 34.7 Å². The second kappa shape index (κ2) is 13.4. The first-order valence-corrected chi connectivity index (χ1v) is 18.7. The van der Waals surface area contributed by atoms with Gasteiger partial charge in [0.15, 0.2) is 17.2 Å². The molecule has 2 amide bonds. The number of hydrogen-bond acceptors (Lipinski definition) is 9. The SMILES string of the molecule is CNc1cc(N2CCc3c(-c4ccc(CN5CCC6(CCN(C(=O)OC(C)(C)C)CC6)C(F)(F)C5)cn4)cccc32)nn2c(C(=O)N[C@@H]3C[C@@H]3F)cnc12. The first-order valence-electron chi connectivity index (χ1n) is 18.7. The summed E-state index contributed by atoms with van der Waals surface area (Å²) in [5, 5.41) is 10.7. The second-order valence-corrected chi connectivity index (χ2v) is 16.0. The third kappa shape index (κ3) is 6.71. The van der Waals surface area contributed by atoms with Crippen molar-refractivity contribution in [2.45, 2.75) is 83.2 Å². The number of ether oxygens (including phenoxy) is 1. The number of halogens is 3. The topological polar surface area (TPSA) is 120 Å². The van der Waals surface area contributed by atoms with Gasteiger partial charge in [-0.15, -0.1) is 5.10 Å². The van der Waals surface area contributed by atoms with E-state index in [2.05, 4.69) is 20.5 Å². The van der Waals surface area contributed by atoms with Gasteiger partial charge in [-0.2, -0.15) is 0 Å². The van der Waals surface area contributed by atoms with Gasteiger partial charge in [0.25, 0.3) is 11.8 Å². The molecule has 3 aliphatic heterocycles. The third-order valence-corrected chi connectivity index (χ3v) is 11.3. The number of alkyl halides is 3. The molecule has 1 spiro atoms. The number of likely N-dealkylation sites (tertiary alicyclic amines) is 2. The highest BCUT2D eigenvalue weighted by molar-refractivity contribution is 5.94. The lowest BCUT2D eigenvalue weighted by Gasteiger charge is -2.51. The molecular formula is C39H46F3N9O3. The van der Waals surface area contributed by atoms with Crippen molar-refractivity contribution in [1.29, 1.82) is 0 Å². The number of rotatable bonds is 7. The van der Waals surface area contributed by atoms with E-state index >= 15 is 8.78 Å². The van der Waals surface area contributed by atoms with Gasteiger partial charge in [0.2, 0.25) is 0 Å². The van der Waals surface area contributed by atoms with Gasteiger partial charge in [-0.25, -0.2) is 27.5 Å². The number of pyridine rings is 1. The number of benzene rings is 1. The summed E-state index contributed by atoms with van der Waals surface area (Å²) in [6.07, 6.45) is 3.70. The number of imidazole rings is 1. The van der Waals surface area contributed by atoms with Gasteiger partial charge >= 0.3 is 6.09 Å². The molecule has 2 N–H and O–H groups in total. The molecule has 3 aromatic heterocycles. The molecule has 54 heavy (non-hydrogen) atoms. The number of carbonyl (C=O) groups excluding carboxylic acids is 2. The van der Waals surface area contributed by atoms with Gasteiger partial charge in [0.05, 0.1) is 30.2 Å². The number of nitrogens with one attached hydrogen (secondary N) is 2. The first kappa shape index (κ1) is 36.1. The summed E-state index contributed by atoms with van der Waals surface area (Å²) >= 11 is 0. The van der Waals surface area contributed by atoms with Crippen LogP contribution in [0.4, 0.5) is 35.2 Å². The second-order valence-electron chi connectivity index (χ2n) is 16.0. The molecule has 2 atom stereocenters. The molecule has 1 aliphatic carbocycles. The minimum atomic E-state index is -2.89. The fraction of sp³-hybridized carbons (Fsp3) is 0.513. The number of aromatic nitrogens is 4. The van der Waals surface area contributed by atoms with Crippen molar-refractivity contribution in [2.24, 2.45) is 5.41 Å². The Balaban J connectivity index is 0.946. The largest absolute Gasteiger partial charge is 0.444 e. The van der Waals surface area contributed by atoms with Crippen molar-refractivity contribution < 1.29 is 27.5 Å². The molecule has 8 rings (SSSR count). The van der Waals surface area contributed by atoms with Crippen molar-refractivity contribution >= 4 is 34.8 Å². The molecule has 1 saturated carbocycles. The standard InChI is InChI=1S/C39H46F3N9O3/c1-37(2,3)54-36(53)49-16-12-38(13-17-49)11-15-48(23-39(38,41)42)22-24-8-9-28(44-20-24)25-6-5-7-31-26(25)10-14-50(31)33-19-30(43-4)34-45-21-32(51(34)47-33)35(52)46-29-18-27(29)40/h5-9,19-21,27,29,43H,10-18,22-23H2,1-4H3,(H,46,52)/t27-,29+/m0/s1. The maximum atomic E-state index is 15.8. The van der Waals surface area contributed by atoms with Crippen LogP contribution in [0.2, 0.25) is 0 Å². The van der Waals surface area contributed by atoms with E-state index in [1.54, 1.807) is 38.9 Å². The van der Waals surface area contributed by atoms with Gasteiger partial charge in [0.1, 0.15) is 11.8 Å². The van der Waals surface area contributed by atoms with Crippen LogP contribution in [0.3, 0.4) is 0 Å². The van der Waals surface area contributed by atoms with Crippen LogP contribution < -0.4 is 15.5 Å². The van der Waals surface area contributed by atoms with Crippen LogP contribution in [0.15, 0.2) is 48.8 Å². The molecule has 4 aliphatic rings. The molecule has 12 nitrogen and oxygen atoms in total. The fourth-order valence-corrected chi connectivity index (χ4v) is 8.11. The lowest BCUT2D eigenvalue weighted by atomic mass is 9.68. The average molecular weight is 746 g/mol. The van der Waals surface area contributed by atoms with Crippen molar-refractivity contribution in [3.63, 3.8) is 0 Å². The molecule has 6 heterocycles. The van der Waals surface area contributed by atoms with Crippen LogP contribution in [-0.4, -0.2) is 105 Å². The zero-order chi connectivity index (χ0) is 38.0. The van der Waals surface area contributed by atoms with E-state index in [0.29, 0.717) is 49.6 Å². The van der Waals surface area contributed by atoms with Crippen molar-refractivity contribution in [3.05, 3.63) is 65.6 Å². The summed E-state index contributed by atoms with van der Waals surface area (Å²) in [5.74, 6) is -2.68. The smallest absolute Gasteiger partial charge is 0.410 e. The molecular weight excluding hydrogens is 699 g/mol. The Kier molecular flexibility index (Phi) is 8.97. The van der Waals surface area contributed by atoms with E-state index in [0.717, 1.165) is 34.5 Å². The monoisotopic (exact) mass is 745 g/mol. The first-order chi connectivity index (χ1) is 25.7. The molecule has 0 unspecified atom stereocenters. The minimum Gasteiger partial charge on any atom is -0.444 e. The zero-order valence-electron chi connectivity index (χ0n) is 31.0. The Labute approximate surface area is 312 Å². The summed E-state index contributed by atoms with van der Waals surface area (Å²) in [7, 11) is 1.78. The van der Waals surface area contributed by atoms with Gasteiger partial charge in [0, 0.05) is 68.6 Å². The summed E-state index contributed by atoms with van der Waals surface area (Å²) in [6.45, 7) is 7.18. The average Bonchev–Trinajstić information content (AvgIpc) is 3.47. The van der Waals surface area contributed by atoms with Crippen LogP contribution in [0.5, 0.6) is 0 Å². The van der Waals surface area contributed by atoms with Crippen LogP contribution in [0, 0.1) is 5.41 Å². The lowest BCUT2D eigenvalue weighted by Crippen LogP contribution is -2.59. The summed E-state index contributed by atoms with van der Waals surface area (Å²) < 4.78 is 52.2. The molecule has 2 saturated heterocycles. The van der Waals surface area contributed by atoms with Gasteiger partial charge in [-0.1, -0.05) is 18.2 Å². The highest BCUT2D eigenvalue weighted by Crippen LogP contribution is 2.51. The van der Waals surface area contributed by atoms with Crippen molar-refractivity contribution in [3.8, 4) is 11.3 Å². The van der Waals surface area contributed by atoms with Crippen LogP contribution in [0.25, 0.3) is 16.9 Å². The number of nitrogens with zero attached hydrogens (tertiary/aromatic N) is 7. The molecule has 0 radical (unpaired) electrons. The Morgan fingerprint density at radius 1 is 1.02 bits per heavy atom. The molecule has 4 aromatic rings. The molecule has 3 fully saturated rings. The van der Waals surface area contributed by atoms with E-state index in [-0.39, 0.29) is 38.2 Å². The van der Waals surface area contributed by atoms with Gasteiger partial charge in [-0.05, 0) is 76.3 Å². The van der Waals surface area contributed by atoms with E-state index < -0.39 is 41.2 Å². The number of fused-ring (bicyclic) bond motifs is 2. The van der Waals surface area contributed by atoms with Crippen LogP contribution in [0.1, 0.15) is 68.1 Å². The molecule has 15 heteroatoms. The van der Waals surface area contributed by atoms with E-state index in [9.17, 15) is 14.0 Å². The predicted octanol–water partition coefficient (Wildman–Crippen LogP) is 6.23. The van der Waals surface area contributed by atoms with Crippen molar-refractivity contribution in [2.75, 3.05) is 50.0 Å². The van der Waals surface area contributed by atoms with E-state index in [4.69, 9.17) is 14.8 Å². The number of amides is 2. The molecule has 286 valence electrons. The Morgan fingerprint density at radius 2 is 1.78 bits per heavy atom. The maximum absolute atomic E-state index is 15.8. The predicted molar refractivity (Wildman–Crippen MR) is 198 cm³/mol. The molecule has 0 bridgehead atoms. The summed E-state index contributed by atoms with van der Waals surface area (Å²) in [5.41, 5.74) is 4.38. The zero-order valence-corrected chi connectivity index (χ0v) is 31.0. The maximum Gasteiger partial charge on any atom is 0.410 e. The van der Waals surface area contributed by atoms with E-state index in [1.807, 2.05) is 41.3 Å². The third-order valence-electron chi connectivity index (χ3n) is 11.3. The van der Waals surface area contributed by atoms with E-state index in [1.165, 1.54) is 10.7 Å². The Morgan fingerprint density at radius 3 is 2.44 bits per heavy atom.